The van der Waals surface area contributed by atoms with Gasteiger partial charge in [-0.15, -0.1) is 0 Å². The molecular formula is C24H42O2Sn. The average molecular weight is 481 g/mol. The van der Waals surface area contributed by atoms with E-state index in [2.05, 4.69) is 45.0 Å². The second-order valence-corrected chi connectivity index (χ2v) is 22.3. The van der Waals surface area contributed by atoms with Gasteiger partial charge in [0.1, 0.15) is 0 Å². The van der Waals surface area contributed by atoms with Crippen LogP contribution in [0.1, 0.15) is 85.6 Å². The number of ether oxygens (including phenoxy) is 1. The summed E-state index contributed by atoms with van der Waals surface area (Å²) in [5.74, 6) is -0.132. The van der Waals surface area contributed by atoms with Crippen LogP contribution in [0.2, 0.25) is 13.3 Å². The second-order valence-electron chi connectivity index (χ2n) is 9.05. The van der Waals surface area contributed by atoms with Gasteiger partial charge in [0.2, 0.25) is 0 Å². The summed E-state index contributed by atoms with van der Waals surface area (Å²) >= 11 is -2.35. The third-order valence-electron chi connectivity index (χ3n) is 5.36. The van der Waals surface area contributed by atoms with Crippen LogP contribution in [0.25, 0.3) is 0 Å². The van der Waals surface area contributed by atoms with Gasteiger partial charge in [-0.3, -0.25) is 0 Å². The zero-order valence-electron chi connectivity index (χ0n) is 18.7. The molecule has 3 heteroatoms. The van der Waals surface area contributed by atoms with Gasteiger partial charge in [-0.1, -0.05) is 0 Å². The van der Waals surface area contributed by atoms with E-state index in [1.165, 1.54) is 51.8 Å². The molecule has 1 aromatic rings. The fraction of sp³-hybridized carbons (Fsp3) is 0.708. The Kier molecular flexibility index (Phi) is 11.0. The van der Waals surface area contributed by atoms with Crippen molar-refractivity contribution >= 4 is 27.9 Å². The van der Waals surface area contributed by atoms with Gasteiger partial charge in [-0.25, -0.2) is 0 Å². The van der Waals surface area contributed by atoms with E-state index in [4.69, 9.17) is 4.74 Å². The van der Waals surface area contributed by atoms with Crippen LogP contribution >= 0.6 is 0 Å². The Bertz CT molecular complexity index is 521. The molecule has 1 rings (SSSR count). The first-order valence-corrected chi connectivity index (χ1v) is 18.6. The van der Waals surface area contributed by atoms with Crippen LogP contribution in [-0.4, -0.2) is 29.9 Å². The monoisotopic (exact) mass is 482 g/mol. The molecule has 154 valence electrons. The van der Waals surface area contributed by atoms with Crippen LogP contribution in [0.5, 0.6) is 0 Å². The molecule has 0 aliphatic carbocycles. The molecule has 0 fully saturated rings. The minimum absolute atomic E-state index is 0.132. The molecule has 1 aromatic carbocycles. The van der Waals surface area contributed by atoms with Gasteiger partial charge >= 0.3 is 173 Å². The molecule has 0 aliphatic rings. The number of benzene rings is 1. The molecule has 0 bridgehead atoms. The van der Waals surface area contributed by atoms with Gasteiger partial charge in [0.25, 0.3) is 0 Å². The summed E-state index contributed by atoms with van der Waals surface area (Å²) < 4.78 is 11.6. The standard InChI is InChI=1S/C12H15O2.3C4H9.Sn/c1-12(2,3)14-11(13)9-10-7-5-4-6-8-10;3*1-3-4-2;/h5-8H,9H2,1-3H3;3*1,3-4H2,2H3;. The number of esters is 1. The summed E-state index contributed by atoms with van der Waals surface area (Å²) in [6.07, 6.45) is 8.41. The third-order valence-corrected chi connectivity index (χ3v) is 21.0. The predicted molar refractivity (Wildman–Crippen MR) is 121 cm³/mol. The van der Waals surface area contributed by atoms with E-state index in [0.717, 1.165) is 5.56 Å². The Morgan fingerprint density at radius 2 is 1.30 bits per heavy atom. The van der Waals surface area contributed by atoms with Crippen molar-refractivity contribution in [1.29, 1.82) is 0 Å². The van der Waals surface area contributed by atoms with Crippen molar-refractivity contribution in [2.24, 2.45) is 0 Å². The summed E-state index contributed by atoms with van der Waals surface area (Å²) in [5, 5.41) is 0. The minimum atomic E-state index is -2.35. The Morgan fingerprint density at radius 3 is 1.67 bits per heavy atom. The first-order valence-electron chi connectivity index (χ1n) is 11.1. The zero-order chi connectivity index (χ0) is 20.3. The molecule has 0 amide bonds. The maximum absolute atomic E-state index is 12.1. The van der Waals surface area contributed by atoms with Gasteiger partial charge in [0, 0.05) is 0 Å². The molecule has 2 nitrogen and oxygen atoms in total. The molecule has 0 radical (unpaired) electrons. The van der Waals surface area contributed by atoms with Gasteiger partial charge in [-0.2, -0.15) is 0 Å². The van der Waals surface area contributed by atoms with Gasteiger partial charge < -0.3 is 0 Å². The molecule has 0 atom stereocenters. The number of carbonyl (C=O) groups is 1. The van der Waals surface area contributed by atoms with Crippen LogP contribution in [-0.2, 0) is 16.0 Å². The summed E-state index contributed by atoms with van der Waals surface area (Å²) in [6.45, 7) is 12.7. The number of unbranched alkanes of at least 4 members (excludes halogenated alkanes) is 3. The molecule has 0 saturated carbocycles. The van der Waals surface area contributed by atoms with E-state index in [-0.39, 0.29) is 5.97 Å². The zero-order valence-corrected chi connectivity index (χ0v) is 21.6. The van der Waals surface area contributed by atoms with Crippen molar-refractivity contribution in [2.75, 3.05) is 0 Å². The summed E-state index contributed by atoms with van der Waals surface area (Å²) in [6, 6.07) is 9.12. The van der Waals surface area contributed by atoms with Crippen molar-refractivity contribution in [3.63, 3.8) is 0 Å². The molecular weight excluding hydrogens is 439 g/mol. The van der Waals surface area contributed by atoms with E-state index in [1.54, 1.807) is 3.58 Å². The fourth-order valence-electron chi connectivity index (χ4n) is 3.87. The second kappa shape index (κ2) is 12.1. The first-order chi connectivity index (χ1) is 12.8. The normalized spacial score (nSPS) is 12.2. The van der Waals surface area contributed by atoms with Gasteiger partial charge in [0.05, 0.1) is 0 Å². The van der Waals surface area contributed by atoms with E-state index in [9.17, 15) is 4.79 Å². The maximum atomic E-state index is 12.1. The Balaban J connectivity index is 2.98. The van der Waals surface area contributed by atoms with Crippen LogP contribution in [0.4, 0.5) is 0 Å². The van der Waals surface area contributed by atoms with Crippen LogP contribution in [0, 0.1) is 0 Å². The molecule has 0 aliphatic heterocycles. The van der Waals surface area contributed by atoms with Crippen molar-refractivity contribution in [2.45, 2.75) is 105 Å². The molecule has 0 heterocycles. The van der Waals surface area contributed by atoms with Crippen molar-refractivity contribution in [3.8, 4) is 0 Å². The average Bonchev–Trinajstić information content (AvgIpc) is 2.60. The molecule has 0 spiro atoms. The van der Waals surface area contributed by atoms with E-state index in [0.29, 0.717) is 6.42 Å². The molecule has 0 unspecified atom stereocenters. The number of rotatable bonds is 12. The molecule has 27 heavy (non-hydrogen) atoms. The summed E-state index contributed by atoms with van der Waals surface area (Å²) in [5.41, 5.74) is 0.665. The number of carbonyl (C=O) groups excluding carboxylic acids is 1. The van der Waals surface area contributed by atoms with E-state index in [1.807, 2.05) is 20.8 Å². The number of hydrogen-bond acceptors (Lipinski definition) is 2. The molecule has 0 aromatic heterocycles. The number of hydrogen-bond donors (Lipinski definition) is 0. The van der Waals surface area contributed by atoms with Crippen molar-refractivity contribution in [3.05, 3.63) is 29.8 Å². The molecule has 0 saturated heterocycles. The topological polar surface area (TPSA) is 26.3 Å². The van der Waals surface area contributed by atoms with Gasteiger partial charge in [-0.05, 0) is 0 Å². The molecule has 0 N–H and O–H groups in total. The quantitative estimate of drug-likeness (QED) is 0.248. The Labute approximate surface area is 172 Å². The third kappa shape index (κ3) is 9.02. The van der Waals surface area contributed by atoms with E-state index >= 15 is 0 Å². The SMILES string of the molecule is CCC[CH2][Sn]([CH2]CCC)([CH2]CCC)[c]1ccc(CC(=O)OC(C)(C)C)cc1. The van der Waals surface area contributed by atoms with Crippen molar-refractivity contribution in [1.82, 2.24) is 0 Å². The predicted octanol–water partition coefficient (Wildman–Crippen LogP) is 6.63. The van der Waals surface area contributed by atoms with Crippen LogP contribution in [0.3, 0.4) is 0 Å². The Hall–Kier alpha value is -0.511. The van der Waals surface area contributed by atoms with Gasteiger partial charge in [0.15, 0.2) is 0 Å². The fourth-order valence-corrected chi connectivity index (χ4v) is 19.8. The van der Waals surface area contributed by atoms with Crippen molar-refractivity contribution < 1.29 is 9.53 Å². The van der Waals surface area contributed by atoms with E-state index < -0.39 is 24.0 Å². The van der Waals surface area contributed by atoms with Crippen LogP contribution < -0.4 is 3.58 Å². The first kappa shape index (κ1) is 24.5. The summed E-state index contributed by atoms with van der Waals surface area (Å²) in [4.78, 5) is 12.1. The Morgan fingerprint density at radius 1 is 0.852 bits per heavy atom. The summed E-state index contributed by atoms with van der Waals surface area (Å²) in [7, 11) is 0. The van der Waals surface area contributed by atoms with Crippen LogP contribution in [0.15, 0.2) is 24.3 Å².